The van der Waals surface area contributed by atoms with Gasteiger partial charge >= 0.3 is 5.97 Å². The van der Waals surface area contributed by atoms with Crippen LogP contribution in [0.4, 0.5) is 0 Å². The number of hydrogen-bond donors (Lipinski definition) is 1. The van der Waals surface area contributed by atoms with Crippen LogP contribution in [0.1, 0.15) is 23.2 Å². The Kier molecular flexibility index (Phi) is 5.93. The van der Waals surface area contributed by atoms with Gasteiger partial charge in [0.25, 0.3) is 5.91 Å². The molecule has 2 aromatic heterocycles. The second kappa shape index (κ2) is 8.14. The Morgan fingerprint density at radius 2 is 2.26 bits per heavy atom. The summed E-state index contributed by atoms with van der Waals surface area (Å²) in [7, 11) is 1.54. The molecule has 0 saturated heterocycles. The van der Waals surface area contributed by atoms with Gasteiger partial charge in [-0.25, -0.2) is 4.79 Å². The second-order valence-corrected chi connectivity index (χ2v) is 4.97. The lowest BCUT2D eigenvalue weighted by atomic mass is 10.3. The van der Waals surface area contributed by atoms with Crippen LogP contribution in [0.3, 0.4) is 0 Å². The third-order valence-corrected chi connectivity index (χ3v) is 2.90. The number of carbonyl (C=O) groups is 2. The maximum atomic E-state index is 11.8. The Hall–Kier alpha value is -2.61. The average Bonchev–Trinajstić information content (AvgIpc) is 3.17. The molecule has 0 bridgehead atoms. The number of hydrogen-bond acceptors (Lipinski definition) is 6. The van der Waals surface area contributed by atoms with Crippen molar-refractivity contribution in [2.24, 2.45) is 0 Å². The zero-order valence-corrected chi connectivity index (χ0v) is 13.0. The lowest BCUT2D eigenvalue weighted by molar-refractivity contribution is -0.125. The minimum Gasteiger partial charge on any atom is -0.452 e. The second-order valence-electron chi connectivity index (χ2n) is 4.97. The molecular weight excluding hydrogens is 302 g/mol. The van der Waals surface area contributed by atoms with Crippen molar-refractivity contribution in [3.05, 3.63) is 42.1 Å². The van der Waals surface area contributed by atoms with E-state index in [4.69, 9.17) is 13.9 Å². The van der Waals surface area contributed by atoms with Crippen LogP contribution in [0, 0.1) is 0 Å². The third kappa shape index (κ3) is 5.26. The van der Waals surface area contributed by atoms with Crippen LogP contribution in [0.5, 0.6) is 0 Å². The fraction of sp³-hybridized carbons (Fsp3) is 0.400. The van der Waals surface area contributed by atoms with Gasteiger partial charge in [0.1, 0.15) is 5.76 Å². The molecule has 0 saturated carbocycles. The molecule has 124 valence electrons. The topological polar surface area (TPSA) is 95.6 Å². The Bertz CT molecular complexity index is 635. The van der Waals surface area contributed by atoms with Gasteiger partial charge in [0.05, 0.1) is 13.2 Å². The summed E-state index contributed by atoms with van der Waals surface area (Å²) >= 11 is 0. The Morgan fingerprint density at radius 1 is 1.43 bits per heavy atom. The smallest absolute Gasteiger partial charge is 0.374 e. The van der Waals surface area contributed by atoms with Crippen molar-refractivity contribution in [2.75, 3.05) is 20.3 Å². The molecule has 0 fully saturated rings. The normalized spacial score (nSPS) is 11.9. The third-order valence-electron chi connectivity index (χ3n) is 2.90. The van der Waals surface area contributed by atoms with Crippen LogP contribution in [-0.4, -0.2) is 48.0 Å². The molecule has 0 aliphatic carbocycles. The molecule has 23 heavy (non-hydrogen) atoms. The fourth-order valence-electron chi connectivity index (χ4n) is 1.94. The molecule has 2 aromatic rings. The Balaban J connectivity index is 1.79. The van der Waals surface area contributed by atoms with E-state index in [0.29, 0.717) is 18.9 Å². The quantitative estimate of drug-likeness (QED) is 0.724. The number of esters is 1. The molecule has 1 unspecified atom stereocenters. The number of rotatable bonds is 8. The minimum atomic E-state index is -0.689. The predicted octanol–water partition coefficient (Wildman–Crippen LogP) is 0.832. The standard InChI is InChI=1S/C15H19N3O5/c1-11(9-21-2)17-14(19)10-22-15(20)13-5-4-12(23-13)8-18-7-3-6-16-18/h3-7,11H,8-10H2,1-2H3,(H,17,19). The molecule has 0 radical (unpaired) electrons. The summed E-state index contributed by atoms with van der Waals surface area (Å²) in [5.74, 6) is -0.471. The molecular formula is C15H19N3O5. The number of amides is 1. The Labute approximate surface area is 133 Å². The summed E-state index contributed by atoms with van der Waals surface area (Å²) in [6, 6.07) is 4.81. The molecule has 0 aliphatic heterocycles. The van der Waals surface area contributed by atoms with E-state index >= 15 is 0 Å². The minimum absolute atomic E-state index is 0.0462. The zero-order chi connectivity index (χ0) is 16.7. The number of carbonyl (C=O) groups excluding carboxylic acids is 2. The molecule has 0 aromatic carbocycles. The van der Waals surface area contributed by atoms with E-state index < -0.39 is 11.9 Å². The maximum absolute atomic E-state index is 11.8. The van der Waals surface area contributed by atoms with E-state index in [-0.39, 0.29) is 18.4 Å². The summed E-state index contributed by atoms with van der Waals surface area (Å²) in [5.41, 5.74) is 0. The van der Waals surface area contributed by atoms with Gasteiger partial charge in [0.2, 0.25) is 5.76 Å². The van der Waals surface area contributed by atoms with E-state index in [1.54, 1.807) is 43.2 Å². The highest BCUT2D eigenvalue weighted by molar-refractivity contribution is 5.88. The van der Waals surface area contributed by atoms with E-state index in [2.05, 4.69) is 10.4 Å². The molecule has 2 rings (SSSR count). The molecule has 0 aliphatic rings. The number of furan rings is 1. The SMILES string of the molecule is COCC(C)NC(=O)COC(=O)c1ccc(Cn2cccn2)o1. The molecule has 2 heterocycles. The van der Waals surface area contributed by atoms with Crippen molar-refractivity contribution < 1.29 is 23.5 Å². The number of nitrogens with zero attached hydrogens (tertiary/aromatic N) is 2. The van der Waals surface area contributed by atoms with Crippen molar-refractivity contribution in [1.29, 1.82) is 0 Å². The van der Waals surface area contributed by atoms with Gasteiger partial charge in [-0.1, -0.05) is 0 Å². The number of ether oxygens (including phenoxy) is 2. The van der Waals surface area contributed by atoms with Crippen LogP contribution in [0.25, 0.3) is 0 Å². The molecule has 1 atom stereocenters. The number of aromatic nitrogens is 2. The van der Waals surface area contributed by atoms with Crippen LogP contribution in [0.2, 0.25) is 0 Å². The largest absolute Gasteiger partial charge is 0.452 e. The van der Waals surface area contributed by atoms with Gasteiger partial charge < -0.3 is 19.2 Å². The lowest BCUT2D eigenvalue weighted by Crippen LogP contribution is -2.38. The highest BCUT2D eigenvalue weighted by Gasteiger charge is 2.15. The summed E-state index contributed by atoms with van der Waals surface area (Å²) in [6.45, 7) is 2.21. The fourth-order valence-corrected chi connectivity index (χ4v) is 1.94. The van der Waals surface area contributed by atoms with Crippen molar-refractivity contribution in [3.63, 3.8) is 0 Å². The van der Waals surface area contributed by atoms with Crippen molar-refractivity contribution in [3.8, 4) is 0 Å². The lowest BCUT2D eigenvalue weighted by Gasteiger charge is -2.12. The predicted molar refractivity (Wildman–Crippen MR) is 79.8 cm³/mol. The summed E-state index contributed by atoms with van der Waals surface area (Å²) in [4.78, 5) is 23.4. The van der Waals surface area contributed by atoms with Gasteiger partial charge in [0, 0.05) is 25.5 Å². The molecule has 8 heteroatoms. The first-order valence-corrected chi connectivity index (χ1v) is 7.10. The van der Waals surface area contributed by atoms with Crippen LogP contribution in [0.15, 0.2) is 35.0 Å². The monoisotopic (exact) mass is 321 g/mol. The number of methoxy groups -OCH3 is 1. The van der Waals surface area contributed by atoms with Gasteiger partial charge in [-0.05, 0) is 25.1 Å². The number of nitrogens with one attached hydrogen (secondary N) is 1. The molecule has 0 spiro atoms. The molecule has 1 amide bonds. The van der Waals surface area contributed by atoms with Crippen molar-refractivity contribution >= 4 is 11.9 Å². The first kappa shape index (κ1) is 16.8. The summed E-state index contributed by atoms with van der Waals surface area (Å²) in [6.07, 6.45) is 3.44. The van der Waals surface area contributed by atoms with E-state index in [1.807, 2.05) is 0 Å². The van der Waals surface area contributed by atoms with Crippen LogP contribution < -0.4 is 5.32 Å². The summed E-state index contributed by atoms with van der Waals surface area (Å²) < 4.78 is 16.9. The Morgan fingerprint density at radius 3 is 2.96 bits per heavy atom. The highest BCUT2D eigenvalue weighted by atomic mass is 16.5. The van der Waals surface area contributed by atoms with E-state index in [0.717, 1.165) is 0 Å². The van der Waals surface area contributed by atoms with E-state index in [9.17, 15) is 9.59 Å². The highest BCUT2D eigenvalue weighted by Crippen LogP contribution is 2.10. The van der Waals surface area contributed by atoms with Gasteiger partial charge in [-0.2, -0.15) is 5.10 Å². The van der Waals surface area contributed by atoms with Crippen molar-refractivity contribution in [2.45, 2.75) is 19.5 Å². The summed E-state index contributed by atoms with van der Waals surface area (Å²) in [5, 5.41) is 6.68. The zero-order valence-electron chi connectivity index (χ0n) is 13.0. The molecule has 8 nitrogen and oxygen atoms in total. The van der Waals surface area contributed by atoms with Gasteiger partial charge in [0.15, 0.2) is 6.61 Å². The first-order chi connectivity index (χ1) is 11.1. The average molecular weight is 321 g/mol. The van der Waals surface area contributed by atoms with Crippen molar-refractivity contribution in [1.82, 2.24) is 15.1 Å². The van der Waals surface area contributed by atoms with Crippen LogP contribution >= 0.6 is 0 Å². The van der Waals surface area contributed by atoms with Gasteiger partial charge in [-0.3, -0.25) is 9.48 Å². The van der Waals surface area contributed by atoms with E-state index in [1.165, 1.54) is 6.07 Å². The maximum Gasteiger partial charge on any atom is 0.374 e. The molecule has 1 N–H and O–H groups in total. The van der Waals surface area contributed by atoms with Crippen LogP contribution in [-0.2, 0) is 20.8 Å². The first-order valence-electron chi connectivity index (χ1n) is 7.10. The van der Waals surface area contributed by atoms with Gasteiger partial charge in [-0.15, -0.1) is 0 Å².